The molecule has 2 saturated carbocycles. The van der Waals surface area contributed by atoms with E-state index >= 15 is 0 Å². The lowest BCUT2D eigenvalue weighted by Crippen LogP contribution is -2.27. The van der Waals surface area contributed by atoms with Gasteiger partial charge in [-0.05, 0) is 43.2 Å². The normalized spacial score (nSPS) is 21.1. The summed E-state index contributed by atoms with van der Waals surface area (Å²) >= 11 is 0. The van der Waals surface area contributed by atoms with Gasteiger partial charge >= 0.3 is 0 Å². The minimum atomic E-state index is -3.39. The van der Waals surface area contributed by atoms with E-state index in [1.807, 2.05) is 12.1 Å². The number of sulfonamides is 1. The Morgan fingerprint density at radius 1 is 1.26 bits per heavy atom. The molecular weight excluding hydrogens is 260 g/mol. The first kappa shape index (κ1) is 12.9. The van der Waals surface area contributed by atoms with Crippen LogP contribution in [-0.4, -0.2) is 21.0 Å². The molecule has 0 spiro atoms. The molecule has 0 radical (unpaired) electrons. The van der Waals surface area contributed by atoms with E-state index < -0.39 is 10.0 Å². The topological polar surface area (TPSA) is 58.2 Å². The number of anilines is 1. The van der Waals surface area contributed by atoms with Gasteiger partial charge in [-0.3, -0.25) is 0 Å². The molecule has 4 nitrogen and oxygen atoms in total. The Labute approximate surface area is 114 Å². The molecule has 0 aliphatic heterocycles. The highest BCUT2D eigenvalue weighted by molar-refractivity contribution is 7.89. The highest BCUT2D eigenvalue weighted by atomic mass is 32.2. The van der Waals surface area contributed by atoms with Crippen LogP contribution in [0.5, 0.6) is 0 Å². The van der Waals surface area contributed by atoms with Crippen molar-refractivity contribution < 1.29 is 8.42 Å². The highest BCUT2D eigenvalue weighted by Gasteiger charge is 2.37. The van der Waals surface area contributed by atoms with Crippen LogP contribution in [0.25, 0.3) is 0 Å². The van der Waals surface area contributed by atoms with Crippen LogP contribution in [0, 0.1) is 5.41 Å². The molecule has 2 aliphatic rings. The fourth-order valence-corrected chi connectivity index (χ4v) is 3.52. The predicted octanol–water partition coefficient (Wildman–Crippen LogP) is 2.34. The molecule has 0 bridgehead atoms. The summed E-state index contributed by atoms with van der Waals surface area (Å²) in [5.41, 5.74) is 1.06. The molecule has 0 amide bonds. The van der Waals surface area contributed by atoms with Crippen LogP contribution in [0.15, 0.2) is 29.2 Å². The second-order valence-corrected chi connectivity index (χ2v) is 7.74. The van der Waals surface area contributed by atoms with E-state index in [-0.39, 0.29) is 6.04 Å². The van der Waals surface area contributed by atoms with Gasteiger partial charge in [0, 0.05) is 12.6 Å². The summed E-state index contributed by atoms with van der Waals surface area (Å²) in [6.45, 7) is 3.06. The summed E-state index contributed by atoms with van der Waals surface area (Å²) in [5, 5.41) is 3.30. The summed E-state index contributed by atoms with van der Waals surface area (Å²) in [5.74, 6) is 0. The molecular formula is C14H20N2O2S. The maximum atomic E-state index is 12.3. The van der Waals surface area contributed by atoms with Crippen molar-refractivity contribution in [2.45, 2.75) is 43.5 Å². The van der Waals surface area contributed by atoms with Crippen molar-refractivity contribution in [1.82, 2.24) is 4.72 Å². The Bertz CT molecular complexity index is 575. The number of nitrogens with one attached hydrogen (secondary N) is 2. The van der Waals surface area contributed by atoms with Gasteiger partial charge in [-0.1, -0.05) is 19.1 Å². The van der Waals surface area contributed by atoms with E-state index in [9.17, 15) is 8.42 Å². The Kier molecular flexibility index (Phi) is 3.06. The van der Waals surface area contributed by atoms with Crippen molar-refractivity contribution in [2.24, 2.45) is 5.41 Å². The van der Waals surface area contributed by atoms with Crippen molar-refractivity contribution in [3.63, 3.8) is 0 Å². The van der Waals surface area contributed by atoms with Crippen molar-refractivity contribution >= 4 is 15.7 Å². The fraction of sp³-hybridized carbons (Fsp3) is 0.571. The van der Waals surface area contributed by atoms with Crippen LogP contribution in [0.4, 0.5) is 5.69 Å². The van der Waals surface area contributed by atoms with Crippen molar-refractivity contribution in [3.8, 4) is 0 Å². The Morgan fingerprint density at radius 2 is 1.95 bits per heavy atom. The Morgan fingerprint density at radius 3 is 2.58 bits per heavy atom. The molecule has 0 atom stereocenters. The van der Waals surface area contributed by atoms with Gasteiger partial charge in [0.1, 0.15) is 4.90 Å². The van der Waals surface area contributed by atoms with E-state index in [1.54, 1.807) is 12.1 Å². The van der Waals surface area contributed by atoms with Gasteiger partial charge in [-0.2, -0.15) is 0 Å². The molecule has 2 N–H and O–H groups in total. The minimum Gasteiger partial charge on any atom is -0.383 e. The first-order valence-electron chi connectivity index (χ1n) is 6.84. The largest absolute Gasteiger partial charge is 0.383 e. The predicted molar refractivity (Wildman–Crippen MR) is 75.6 cm³/mol. The fourth-order valence-electron chi connectivity index (χ4n) is 2.03. The smallest absolute Gasteiger partial charge is 0.242 e. The summed E-state index contributed by atoms with van der Waals surface area (Å²) in [4.78, 5) is 0.367. The first-order chi connectivity index (χ1) is 8.99. The summed E-state index contributed by atoms with van der Waals surface area (Å²) in [6, 6.07) is 7.29. The molecule has 0 aromatic heterocycles. The molecule has 0 saturated heterocycles. The second-order valence-electron chi connectivity index (χ2n) is 6.06. The third-order valence-corrected chi connectivity index (χ3v) is 5.46. The third-order valence-electron chi connectivity index (χ3n) is 3.88. The zero-order chi connectivity index (χ0) is 13.5. The number of rotatable bonds is 6. The summed E-state index contributed by atoms with van der Waals surface area (Å²) in [6.07, 6.45) is 4.34. The molecule has 1 aromatic rings. The van der Waals surface area contributed by atoms with E-state index in [4.69, 9.17) is 0 Å². The molecule has 0 unspecified atom stereocenters. The van der Waals surface area contributed by atoms with Gasteiger partial charge < -0.3 is 5.32 Å². The van der Waals surface area contributed by atoms with E-state index in [0.29, 0.717) is 16.0 Å². The Balaban J connectivity index is 1.79. The number of para-hydroxylation sites is 1. The SMILES string of the molecule is CC1(CNc2ccccc2S(=O)(=O)NC2CC2)CC1. The van der Waals surface area contributed by atoms with Crippen LogP contribution in [0.3, 0.4) is 0 Å². The third kappa shape index (κ3) is 3.09. The van der Waals surface area contributed by atoms with Gasteiger partial charge in [0.2, 0.25) is 10.0 Å². The van der Waals surface area contributed by atoms with Gasteiger partial charge in [-0.15, -0.1) is 0 Å². The number of benzene rings is 1. The van der Waals surface area contributed by atoms with Crippen LogP contribution < -0.4 is 10.0 Å². The maximum absolute atomic E-state index is 12.3. The standard InChI is InChI=1S/C14H20N2O2S/c1-14(8-9-14)10-15-12-4-2-3-5-13(12)19(17,18)16-11-6-7-11/h2-5,11,15-16H,6-10H2,1H3. The van der Waals surface area contributed by atoms with Crippen LogP contribution in [0.1, 0.15) is 32.6 Å². The average molecular weight is 280 g/mol. The van der Waals surface area contributed by atoms with Crippen LogP contribution >= 0.6 is 0 Å². The van der Waals surface area contributed by atoms with Gasteiger partial charge in [0.15, 0.2) is 0 Å². The molecule has 19 heavy (non-hydrogen) atoms. The van der Waals surface area contributed by atoms with E-state index in [2.05, 4.69) is 17.0 Å². The lowest BCUT2D eigenvalue weighted by Gasteiger charge is -2.15. The minimum absolute atomic E-state index is 0.138. The van der Waals surface area contributed by atoms with E-state index in [1.165, 1.54) is 12.8 Å². The average Bonchev–Trinajstić information content (AvgIpc) is 3.27. The second kappa shape index (κ2) is 4.49. The number of hydrogen-bond donors (Lipinski definition) is 2. The summed E-state index contributed by atoms with van der Waals surface area (Å²) < 4.78 is 27.3. The van der Waals surface area contributed by atoms with Crippen molar-refractivity contribution in [2.75, 3.05) is 11.9 Å². The highest BCUT2D eigenvalue weighted by Crippen LogP contribution is 2.45. The molecule has 2 fully saturated rings. The zero-order valence-electron chi connectivity index (χ0n) is 11.1. The molecule has 0 heterocycles. The maximum Gasteiger partial charge on any atom is 0.242 e. The molecule has 104 valence electrons. The summed E-state index contributed by atoms with van der Waals surface area (Å²) in [7, 11) is -3.39. The monoisotopic (exact) mass is 280 g/mol. The molecule has 1 aromatic carbocycles. The first-order valence-corrected chi connectivity index (χ1v) is 8.32. The lowest BCUT2D eigenvalue weighted by molar-refractivity contribution is 0.580. The van der Waals surface area contributed by atoms with Gasteiger partial charge in [-0.25, -0.2) is 13.1 Å². The van der Waals surface area contributed by atoms with Crippen molar-refractivity contribution in [3.05, 3.63) is 24.3 Å². The zero-order valence-corrected chi connectivity index (χ0v) is 12.0. The molecule has 5 heteroatoms. The molecule has 2 aliphatic carbocycles. The quantitative estimate of drug-likeness (QED) is 0.841. The lowest BCUT2D eigenvalue weighted by atomic mass is 10.1. The van der Waals surface area contributed by atoms with Crippen molar-refractivity contribution in [1.29, 1.82) is 0 Å². The van der Waals surface area contributed by atoms with Crippen LogP contribution in [-0.2, 0) is 10.0 Å². The molecule has 3 rings (SSSR count). The van der Waals surface area contributed by atoms with E-state index in [0.717, 1.165) is 19.4 Å². The Hall–Kier alpha value is -1.07. The van der Waals surface area contributed by atoms with Gasteiger partial charge in [0.05, 0.1) is 5.69 Å². The number of hydrogen-bond acceptors (Lipinski definition) is 3. The van der Waals surface area contributed by atoms with Crippen LogP contribution in [0.2, 0.25) is 0 Å². The van der Waals surface area contributed by atoms with Gasteiger partial charge in [0.25, 0.3) is 0 Å².